The van der Waals surface area contributed by atoms with Crippen molar-refractivity contribution >= 4 is 33.6 Å². The lowest BCUT2D eigenvalue weighted by molar-refractivity contribution is -0.150. The summed E-state index contributed by atoms with van der Waals surface area (Å²) >= 11 is 0. The number of amides is 3. The summed E-state index contributed by atoms with van der Waals surface area (Å²) in [7, 11) is -9.30. The van der Waals surface area contributed by atoms with E-state index in [1.807, 2.05) is 0 Å². The Labute approximate surface area is 567 Å². The van der Waals surface area contributed by atoms with Crippen molar-refractivity contribution in [3.63, 3.8) is 0 Å². The van der Waals surface area contributed by atoms with Crippen LogP contribution in [0.4, 0.5) is 4.79 Å². The van der Waals surface area contributed by atoms with Crippen molar-refractivity contribution in [2.75, 3.05) is 65.9 Å². The maximum Gasteiger partial charge on any atom is 0.472 e. The average Bonchev–Trinajstić information content (AvgIpc) is 3.58. The molecule has 93 heavy (non-hydrogen) atoms. The van der Waals surface area contributed by atoms with Crippen LogP contribution in [0.5, 0.6) is 0 Å². The van der Waals surface area contributed by atoms with Gasteiger partial charge in [-0.25, -0.2) is 13.9 Å². The van der Waals surface area contributed by atoms with E-state index in [1.54, 1.807) is 0 Å². The third-order valence-corrected chi connectivity index (χ3v) is 18.9. The normalized spacial score (nSPS) is 14.7. The first-order valence-corrected chi connectivity index (χ1v) is 41.1. The van der Waals surface area contributed by atoms with Crippen molar-refractivity contribution in [2.45, 2.75) is 373 Å². The second-order valence-electron chi connectivity index (χ2n) is 26.1. The number of aliphatic hydroxyl groups excluding tert-OH is 2. The SMILES string of the molecule is CCCCCCCCCCCCCC(=O)N[C@@H](COCC[C@H](O)CCCCCCC)COP(=O)(O)OCCNC(=O)NCCOP(=O)(O)OCC(COCC[C@@H](CCCCCCC)OC(=O)CCCCCCCCCCC)NC(O)CCCCCCCCCCCCC. The number of hydrogen-bond donors (Lipinski definition) is 8. The molecule has 0 aromatic rings. The van der Waals surface area contributed by atoms with Crippen LogP contribution >= 0.6 is 15.6 Å². The predicted molar refractivity (Wildman–Crippen MR) is 377 cm³/mol. The second kappa shape index (κ2) is 67.4. The maximum atomic E-state index is 13.1. The van der Waals surface area contributed by atoms with Crippen LogP contribution in [0.25, 0.3) is 0 Å². The Morgan fingerprint density at radius 3 is 1.17 bits per heavy atom. The van der Waals surface area contributed by atoms with E-state index in [4.69, 9.17) is 32.3 Å². The van der Waals surface area contributed by atoms with Gasteiger partial charge in [-0.05, 0) is 51.4 Å². The standard InChI is InChI=1S/C71H144N4O16P2/c1-6-11-16-21-24-27-29-32-34-39-44-49-68(77)74-64(60-85-56-52-66(76)47-42-37-19-14-9-4)62-89-92(81,82)87-58-54-72-71(80)73-55-59-88-93(83,84)90-63-65(75-69(78)50-45-40-35-33-30-28-25-22-17-12-7-2)61-86-57-53-67(48-43-38-20-15-10-5)91-70(79)51-46-41-36-31-26-23-18-13-8-3/h64-67,69,75-76,78H,6-63H2,1-5H3,(H,74,77)(H,81,82)(H,83,84)(H2,72,73,80)/t64-,65?,66+,67+,69?/m0/s1. The molecule has 20 nitrogen and oxygen atoms in total. The third kappa shape index (κ3) is 65.9. The topological polar surface area (TPSA) is 279 Å². The predicted octanol–water partition coefficient (Wildman–Crippen LogP) is 17.4. The van der Waals surface area contributed by atoms with Gasteiger partial charge in [-0.1, -0.05) is 272 Å². The van der Waals surface area contributed by atoms with Crippen LogP contribution in [0.2, 0.25) is 0 Å². The number of urea groups is 1. The number of ether oxygens (including phenoxy) is 3. The minimum Gasteiger partial charge on any atom is -0.462 e. The summed E-state index contributed by atoms with van der Waals surface area (Å²) in [5.74, 6) is -0.401. The van der Waals surface area contributed by atoms with Gasteiger partial charge >= 0.3 is 27.6 Å². The second-order valence-corrected chi connectivity index (χ2v) is 29.0. The number of nitrogens with one attached hydrogen (secondary N) is 4. The number of unbranched alkanes of at least 4 members (excludes halogenated alkanes) is 36. The molecule has 0 aromatic heterocycles. The molecule has 0 bridgehead atoms. The summed E-state index contributed by atoms with van der Waals surface area (Å²) in [6.45, 7) is 9.65. The van der Waals surface area contributed by atoms with Crippen LogP contribution in [0.15, 0.2) is 0 Å². The van der Waals surface area contributed by atoms with E-state index in [1.165, 1.54) is 141 Å². The first-order valence-electron chi connectivity index (χ1n) is 38.1. The summed E-state index contributed by atoms with van der Waals surface area (Å²) in [5.41, 5.74) is 0. The molecule has 0 heterocycles. The summed E-state index contributed by atoms with van der Waals surface area (Å²) in [6.07, 6.45) is 48.9. The van der Waals surface area contributed by atoms with Crippen molar-refractivity contribution in [1.29, 1.82) is 0 Å². The molecule has 0 radical (unpaired) electrons. The summed E-state index contributed by atoms with van der Waals surface area (Å²) in [6, 6.07) is -2.16. The highest BCUT2D eigenvalue weighted by Crippen LogP contribution is 2.44. The molecule has 0 aliphatic heterocycles. The summed E-state index contributed by atoms with van der Waals surface area (Å²) in [5, 5.41) is 32.5. The number of carbonyl (C=O) groups is 3. The van der Waals surface area contributed by atoms with E-state index in [-0.39, 0.29) is 70.7 Å². The van der Waals surface area contributed by atoms with Gasteiger partial charge in [0.2, 0.25) is 5.91 Å². The summed E-state index contributed by atoms with van der Waals surface area (Å²) < 4.78 is 64.9. The Kier molecular flexibility index (Phi) is 66.1. The number of esters is 1. The number of aliphatic hydroxyl groups is 2. The lowest BCUT2D eigenvalue weighted by atomic mass is 10.0. The van der Waals surface area contributed by atoms with Gasteiger partial charge < -0.3 is 50.2 Å². The van der Waals surface area contributed by atoms with Crippen molar-refractivity contribution in [2.24, 2.45) is 0 Å². The van der Waals surface area contributed by atoms with Gasteiger partial charge in [0.25, 0.3) is 0 Å². The quantitative estimate of drug-likeness (QED) is 0.0122. The van der Waals surface area contributed by atoms with E-state index in [2.05, 4.69) is 55.9 Å². The first kappa shape index (κ1) is 91.2. The van der Waals surface area contributed by atoms with E-state index in [0.29, 0.717) is 38.5 Å². The zero-order valence-electron chi connectivity index (χ0n) is 60.0. The zero-order chi connectivity index (χ0) is 68.4. The van der Waals surface area contributed by atoms with Crippen LogP contribution in [0, 0.1) is 0 Å². The molecule has 0 aliphatic rings. The molecule has 22 heteroatoms. The van der Waals surface area contributed by atoms with Crippen LogP contribution in [-0.2, 0) is 51.0 Å². The van der Waals surface area contributed by atoms with Crippen molar-refractivity contribution in [1.82, 2.24) is 21.3 Å². The van der Waals surface area contributed by atoms with Crippen LogP contribution in [-0.4, -0.2) is 134 Å². The molecule has 0 saturated heterocycles. The molecule has 554 valence electrons. The van der Waals surface area contributed by atoms with Crippen molar-refractivity contribution < 1.29 is 75.8 Å². The smallest absolute Gasteiger partial charge is 0.462 e. The molecule has 3 amide bonds. The fourth-order valence-electron chi connectivity index (χ4n) is 11.1. The molecule has 0 saturated carbocycles. The minimum atomic E-state index is -4.65. The zero-order valence-corrected chi connectivity index (χ0v) is 61.8. The largest absolute Gasteiger partial charge is 0.472 e. The first-order chi connectivity index (χ1) is 45.1. The molecule has 0 aliphatic carbocycles. The van der Waals surface area contributed by atoms with E-state index in [0.717, 1.165) is 128 Å². The van der Waals surface area contributed by atoms with Crippen LogP contribution < -0.4 is 21.3 Å². The Hall–Kier alpha value is -1.77. The van der Waals surface area contributed by atoms with Gasteiger partial charge in [0.15, 0.2) is 0 Å². The average molecular weight is 1370 g/mol. The fourth-order valence-corrected chi connectivity index (χ4v) is 12.6. The monoisotopic (exact) mass is 1370 g/mol. The third-order valence-electron chi connectivity index (χ3n) is 16.9. The van der Waals surface area contributed by atoms with Crippen molar-refractivity contribution in [3.8, 4) is 0 Å². The Morgan fingerprint density at radius 2 is 0.731 bits per heavy atom. The van der Waals surface area contributed by atoms with E-state index in [9.17, 15) is 43.5 Å². The molecule has 0 spiro atoms. The molecule has 0 rings (SSSR count). The molecule has 8 N–H and O–H groups in total. The summed E-state index contributed by atoms with van der Waals surface area (Å²) in [4.78, 5) is 59.7. The van der Waals surface area contributed by atoms with Crippen LogP contribution in [0.1, 0.15) is 343 Å². The van der Waals surface area contributed by atoms with Gasteiger partial charge in [-0.3, -0.25) is 33.0 Å². The fraction of sp³-hybridized carbons (Fsp3) is 0.958. The van der Waals surface area contributed by atoms with Gasteiger partial charge in [0, 0.05) is 39.0 Å². The molecule has 0 fully saturated rings. The van der Waals surface area contributed by atoms with Gasteiger partial charge in [-0.2, -0.15) is 0 Å². The Balaban J connectivity index is 5.27. The highest BCUT2D eigenvalue weighted by Gasteiger charge is 2.27. The van der Waals surface area contributed by atoms with Crippen molar-refractivity contribution in [3.05, 3.63) is 0 Å². The number of phosphoric ester groups is 2. The van der Waals surface area contributed by atoms with E-state index >= 15 is 0 Å². The molecular weight excluding hydrogens is 1230 g/mol. The van der Waals surface area contributed by atoms with E-state index < -0.39 is 59.3 Å². The van der Waals surface area contributed by atoms with Gasteiger partial charge in [0.05, 0.1) is 64.4 Å². The molecule has 4 unspecified atom stereocenters. The molecule has 0 aromatic carbocycles. The minimum absolute atomic E-state index is 0.00568. The number of phosphoric acid groups is 2. The Bertz CT molecular complexity index is 1760. The maximum absolute atomic E-state index is 13.1. The number of carbonyl (C=O) groups excluding carboxylic acids is 3. The van der Waals surface area contributed by atoms with Gasteiger partial charge in [-0.15, -0.1) is 0 Å². The molecule has 7 atom stereocenters. The molecular formula is C71H144N4O16P2. The number of hydrogen-bond acceptors (Lipinski definition) is 15. The van der Waals surface area contributed by atoms with Crippen LogP contribution in [0.3, 0.4) is 0 Å². The van der Waals surface area contributed by atoms with Gasteiger partial charge in [0.1, 0.15) is 12.3 Å². The lowest BCUT2D eigenvalue weighted by Gasteiger charge is -2.24. The number of rotatable bonds is 74. The lowest BCUT2D eigenvalue weighted by Crippen LogP contribution is -2.44. The highest BCUT2D eigenvalue weighted by atomic mass is 31.2. The highest BCUT2D eigenvalue weighted by molar-refractivity contribution is 7.47. The Morgan fingerprint density at radius 1 is 0.376 bits per heavy atom.